The molecule has 1 aliphatic rings. The molecule has 7 nitrogen and oxygen atoms in total. The standard InChI is InChI=1S/C23H24FN3O4/c1-2-30-21(28)13-27-18-9-8-16(12-17(18)22-19(27)10-11-20(24)26-22)25-23(29)31-14-15-6-4-3-5-7-15/h3-7,10-11,16H,2,8-9,12-14H2,1H3,(H,25,29)/t16-/m0/s1. The number of aromatic nitrogens is 2. The van der Waals surface area contributed by atoms with E-state index in [1.807, 2.05) is 34.9 Å². The van der Waals surface area contributed by atoms with E-state index >= 15 is 0 Å². The number of amides is 1. The van der Waals surface area contributed by atoms with E-state index in [0.29, 0.717) is 36.9 Å². The normalized spacial score (nSPS) is 15.4. The van der Waals surface area contributed by atoms with Gasteiger partial charge in [-0.05, 0) is 43.9 Å². The summed E-state index contributed by atoms with van der Waals surface area (Å²) in [5, 5.41) is 2.90. The van der Waals surface area contributed by atoms with Gasteiger partial charge in [0.05, 0.1) is 17.6 Å². The van der Waals surface area contributed by atoms with Crippen LogP contribution >= 0.6 is 0 Å². The highest BCUT2D eigenvalue weighted by Crippen LogP contribution is 2.31. The van der Waals surface area contributed by atoms with Crippen LogP contribution in [0.5, 0.6) is 0 Å². The maximum absolute atomic E-state index is 13.9. The van der Waals surface area contributed by atoms with Gasteiger partial charge < -0.3 is 19.4 Å². The Balaban J connectivity index is 1.50. The molecule has 162 valence electrons. The summed E-state index contributed by atoms with van der Waals surface area (Å²) in [7, 11) is 0. The number of alkyl carbamates (subject to hydrolysis) is 1. The van der Waals surface area contributed by atoms with Crippen LogP contribution in [0.1, 0.15) is 30.2 Å². The lowest BCUT2D eigenvalue weighted by atomic mass is 9.92. The Kier molecular flexibility index (Phi) is 6.16. The Morgan fingerprint density at radius 2 is 2.00 bits per heavy atom. The molecular weight excluding hydrogens is 401 g/mol. The Morgan fingerprint density at radius 1 is 1.19 bits per heavy atom. The van der Waals surface area contributed by atoms with Crippen molar-refractivity contribution >= 4 is 23.1 Å². The molecule has 0 saturated heterocycles. The molecule has 31 heavy (non-hydrogen) atoms. The molecule has 0 spiro atoms. The molecule has 0 aliphatic heterocycles. The van der Waals surface area contributed by atoms with Crippen LogP contribution < -0.4 is 5.32 Å². The summed E-state index contributed by atoms with van der Waals surface area (Å²) in [5.41, 5.74) is 3.88. The number of carbonyl (C=O) groups excluding carboxylic acids is 2. The fraction of sp³-hybridized carbons (Fsp3) is 0.348. The third-order valence-electron chi connectivity index (χ3n) is 5.40. The van der Waals surface area contributed by atoms with Crippen molar-refractivity contribution in [3.8, 4) is 0 Å². The van der Waals surface area contributed by atoms with Gasteiger partial charge in [0.1, 0.15) is 13.2 Å². The van der Waals surface area contributed by atoms with E-state index in [4.69, 9.17) is 9.47 Å². The molecule has 1 amide bonds. The number of ether oxygens (including phenoxy) is 2. The smallest absolute Gasteiger partial charge is 0.407 e. The Labute approximate surface area is 179 Å². The Bertz CT molecular complexity index is 1100. The van der Waals surface area contributed by atoms with Crippen molar-refractivity contribution in [1.29, 1.82) is 0 Å². The summed E-state index contributed by atoms with van der Waals surface area (Å²) in [4.78, 5) is 28.4. The maximum Gasteiger partial charge on any atom is 0.407 e. The molecule has 1 atom stereocenters. The lowest BCUT2D eigenvalue weighted by Gasteiger charge is -2.24. The van der Waals surface area contributed by atoms with Gasteiger partial charge >= 0.3 is 12.1 Å². The first-order chi connectivity index (χ1) is 15.0. The van der Waals surface area contributed by atoms with E-state index in [9.17, 15) is 14.0 Å². The summed E-state index contributed by atoms with van der Waals surface area (Å²) in [5.74, 6) is -0.933. The molecule has 3 aromatic rings. The van der Waals surface area contributed by atoms with Gasteiger partial charge in [-0.25, -0.2) is 9.78 Å². The molecule has 2 heterocycles. The van der Waals surface area contributed by atoms with Gasteiger partial charge in [-0.3, -0.25) is 4.79 Å². The highest BCUT2D eigenvalue weighted by atomic mass is 19.1. The lowest BCUT2D eigenvalue weighted by Crippen LogP contribution is -2.39. The summed E-state index contributed by atoms with van der Waals surface area (Å²) in [6.45, 7) is 2.29. The Hall–Kier alpha value is -3.42. The molecule has 0 saturated carbocycles. The van der Waals surface area contributed by atoms with E-state index in [1.54, 1.807) is 13.0 Å². The van der Waals surface area contributed by atoms with Crippen LogP contribution in [0.25, 0.3) is 11.0 Å². The zero-order chi connectivity index (χ0) is 21.8. The molecule has 4 rings (SSSR count). The number of nitrogens with one attached hydrogen (secondary N) is 1. The van der Waals surface area contributed by atoms with Crippen molar-refractivity contribution in [1.82, 2.24) is 14.9 Å². The van der Waals surface area contributed by atoms with Crippen molar-refractivity contribution in [2.24, 2.45) is 0 Å². The molecule has 0 radical (unpaired) electrons. The van der Waals surface area contributed by atoms with Crippen molar-refractivity contribution in [2.45, 2.75) is 45.4 Å². The predicted octanol–water partition coefficient (Wildman–Crippen LogP) is 3.52. The summed E-state index contributed by atoms with van der Waals surface area (Å²) in [6.07, 6.45) is 1.29. The number of fused-ring (bicyclic) bond motifs is 3. The largest absolute Gasteiger partial charge is 0.465 e. The van der Waals surface area contributed by atoms with Gasteiger partial charge in [-0.15, -0.1) is 0 Å². The lowest BCUT2D eigenvalue weighted by molar-refractivity contribution is -0.143. The van der Waals surface area contributed by atoms with Crippen molar-refractivity contribution in [3.63, 3.8) is 0 Å². The fourth-order valence-electron chi connectivity index (χ4n) is 4.04. The molecule has 0 unspecified atom stereocenters. The van der Waals surface area contributed by atoms with Gasteiger partial charge in [0.15, 0.2) is 0 Å². The molecule has 0 fully saturated rings. The molecule has 1 aliphatic carbocycles. The van der Waals surface area contributed by atoms with Crippen LogP contribution in [-0.4, -0.2) is 34.3 Å². The van der Waals surface area contributed by atoms with E-state index in [0.717, 1.165) is 16.8 Å². The number of pyridine rings is 1. The van der Waals surface area contributed by atoms with Crippen molar-refractivity contribution < 1.29 is 23.5 Å². The highest BCUT2D eigenvalue weighted by molar-refractivity contribution is 5.84. The van der Waals surface area contributed by atoms with E-state index in [-0.39, 0.29) is 25.2 Å². The second kappa shape index (κ2) is 9.16. The highest BCUT2D eigenvalue weighted by Gasteiger charge is 2.28. The second-order valence-electron chi connectivity index (χ2n) is 7.46. The van der Waals surface area contributed by atoms with Gasteiger partial charge in [0.2, 0.25) is 5.95 Å². The zero-order valence-electron chi connectivity index (χ0n) is 17.3. The first kappa shape index (κ1) is 20.8. The molecule has 1 N–H and O–H groups in total. The van der Waals surface area contributed by atoms with E-state index in [2.05, 4.69) is 10.3 Å². The van der Waals surface area contributed by atoms with E-state index < -0.39 is 12.0 Å². The Morgan fingerprint density at radius 3 is 2.77 bits per heavy atom. The van der Waals surface area contributed by atoms with Crippen LogP contribution in [0.3, 0.4) is 0 Å². The van der Waals surface area contributed by atoms with Crippen molar-refractivity contribution in [3.05, 3.63) is 65.2 Å². The topological polar surface area (TPSA) is 82.5 Å². The number of benzene rings is 1. The number of hydrogen-bond donors (Lipinski definition) is 1. The first-order valence-corrected chi connectivity index (χ1v) is 10.3. The average molecular weight is 425 g/mol. The number of nitrogens with zero attached hydrogens (tertiary/aromatic N) is 2. The minimum Gasteiger partial charge on any atom is -0.465 e. The third-order valence-corrected chi connectivity index (χ3v) is 5.40. The van der Waals surface area contributed by atoms with Crippen molar-refractivity contribution in [2.75, 3.05) is 6.61 Å². The summed E-state index contributed by atoms with van der Waals surface area (Å²) in [6, 6.07) is 12.2. The number of esters is 1. The summed E-state index contributed by atoms with van der Waals surface area (Å²) >= 11 is 0. The van der Waals surface area contributed by atoms with Crippen LogP contribution in [0, 0.1) is 5.95 Å². The zero-order valence-corrected chi connectivity index (χ0v) is 17.3. The minimum absolute atomic E-state index is 0.0458. The van der Waals surface area contributed by atoms with Gasteiger partial charge in [-0.1, -0.05) is 30.3 Å². The molecule has 8 heteroatoms. The SMILES string of the molecule is CCOC(=O)Cn1c2c(c3nc(F)ccc31)C[C@@H](NC(=O)OCc1ccccc1)CC2. The number of hydrogen-bond acceptors (Lipinski definition) is 5. The van der Waals surface area contributed by atoms with Gasteiger partial charge in [0.25, 0.3) is 0 Å². The predicted molar refractivity (Wildman–Crippen MR) is 112 cm³/mol. The minimum atomic E-state index is -0.582. The molecule has 0 bridgehead atoms. The maximum atomic E-state index is 13.9. The molecule has 2 aromatic heterocycles. The summed E-state index contributed by atoms with van der Waals surface area (Å²) < 4.78 is 26.1. The average Bonchev–Trinajstić information content (AvgIpc) is 3.05. The van der Waals surface area contributed by atoms with Crippen LogP contribution in [0.2, 0.25) is 0 Å². The number of halogens is 1. The van der Waals surface area contributed by atoms with Crippen LogP contribution in [-0.2, 0) is 40.3 Å². The molecule has 1 aromatic carbocycles. The second-order valence-corrected chi connectivity index (χ2v) is 7.46. The van der Waals surface area contributed by atoms with Crippen LogP contribution in [0.15, 0.2) is 42.5 Å². The van der Waals surface area contributed by atoms with Gasteiger partial charge in [0, 0.05) is 17.3 Å². The van der Waals surface area contributed by atoms with Gasteiger partial charge in [-0.2, -0.15) is 4.39 Å². The number of carbonyl (C=O) groups is 2. The fourth-order valence-corrected chi connectivity index (χ4v) is 4.04. The van der Waals surface area contributed by atoms with E-state index in [1.165, 1.54) is 6.07 Å². The quantitative estimate of drug-likeness (QED) is 0.483. The molecular formula is C23H24FN3O4. The van der Waals surface area contributed by atoms with Crippen LogP contribution in [0.4, 0.5) is 9.18 Å². The third kappa shape index (κ3) is 4.68. The first-order valence-electron chi connectivity index (χ1n) is 10.3. The number of rotatable bonds is 6. The monoisotopic (exact) mass is 425 g/mol.